The second kappa shape index (κ2) is 4.03. The lowest BCUT2D eigenvalue weighted by atomic mass is 10.4. The highest BCUT2D eigenvalue weighted by Gasteiger charge is 2.23. The zero-order valence-electron chi connectivity index (χ0n) is 8.91. The minimum absolute atomic E-state index is 0.103. The monoisotopic (exact) mass is 247 g/mol. The van der Waals surface area contributed by atoms with Gasteiger partial charge in [-0.25, -0.2) is 17.2 Å². The van der Waals surface area contributed by atoms with Crippen molar-refractivity contribution in [3.63, 3.8) is 0 Å². The van der Waals surface area contributed by atoms with E-state index < -0.39 is 24.1 Å². The van der Waals surface area contributed by atoms with Gasteiger partial charge in [-0.15, -0.1) is 0 Å². The molecular formula is C9H14FNO2SSi. The van der Waals surface area contributed by atoms with E-state index in [9.17, 15) is 12.8 Å². The van der Waals surface area contributed by atoms with Crippen LogP contribution in [0.25, 0.3) is 0 Å². The Morgan fingerprint density at radius 2 is 1.60 bits per heavy atom. The van der Waals surface area contributed by atoms with Crippen molar-refractivity contribution in [2.24, 2.45) is 0 Å². The zero-order valence-corrected chi connectivity index (χ0v) is 10.7. The summed E-state index contributed by atoms with van der Waals surface area (Å²) in [6, 6.07) is 4.80. The van der Waals surface area contributed by atoms with Crippen LogP contribution < -0.4 is 4.39 Å². The molecule has 0 unspecified atom stereocenters. The molecule has 0 spiro atoms. The Balaban J connectivity index is 3.02. The van der Waals surface area contributed by atoms with Gasteiger partial charge in [0.05, 0.1) is 4.90 Å². The molecule has 1 rings (SSSR count). The van der Waals surface area contributed by atoms with Crippen molar-refractivity contribution in [2.45, 2.75) is 24.5 Å². The van der Waals surface area contributed by atoms with Crippen molar-refractivity contribution in [1.29, 1.82) is 0 Å². The summed E-state index contributed by atoms with van der Waals surface area (Å²) < 4.78 is 38.7. The first-order valence-corrected chi connectivity index (χ1v) is 9.49. The molecule has 0 atom stereocenters. The molecular weight excluding hydrogens is 233 g/mol. The molecule has 1 N–H and O–H groups in total. The quantitative estimate of drug-likeness (QED) is 0.830. The van der Waals surface area contributed by atoms with E-state index in [0.717, 1.165) is 12.1 Å². The van der Waals surface area contributed by atoms with Crippen LogP contribution >= 0.6 is 0 Å². The smallest absolute Gasteiger partial charge is 0.234 e. The lowest BCUT2D eigenvalue weighted by Gasteiger charge is -2.17. The first-order chi connectivity index (χ1) is 6.71. The predicted octanol–water partition coefficient (Wildman–Crippen LogP) is 1.94. The highest BCUT2D eigenvalue weighted by Crippen LogP contribution is 2.11. The highest BCUT2D eigenvalue weighted by atomic mass is 32.2. The lowest BCUT2D eigenvalue weighted by Crippen LogP contribution is -2.45. The molecule has 0 bridgehead atoms. The second-order valence-electron chi connectivity index (χ2n) is 4.31. The number of rotatable bonds is 3. The molecule has 0 aromatic heterocycles. The Hall–Kier alpha value is -0.723. The van der Waals surface area contributed by atoms with Crippen LogP contribution in [0.3, 0.4) is 0 Å². The minimum Gasteiger partial charge on any atom is -0.234 e. The van der Waals surface area contributed by atoms with Crippen molar-refractivity contribution in [3.8, 4) is 0 Å². The number of benzene rings is 1. The van der Waals surface area contributed by atoms with E-state index in [0.29, 0.717) is 0 Å². The van der Waals surface area contributed by atoms with Crippen LogP contribution in [-0.2, 0) is 10.0 Å². The molecule has 1 aromatic carbocycles. The van der Waals surface area contributed by atoms with E-state index in [1.54, 1.807) is 0 Å². The lowest BCUT2D eigenvalue weighted by molar-refractivity contribution is 0.591. The van der Waals surface area contributed by atoms with Crippen LogP contribution in [0.1, 0.15) is 0 Å². The summed E-state index contributed by atoms with van der Waals surface area (Å²) in [4.78, 5) is 0.103. The third kappa shape index (κ3) is 3.73. The Morgan fingerprint density at radius 1 is 1.13 bits per heavy atom. The van der Waals surface area contributed by atoms with Gasteiger partial charge in [-0.05, 0) is 24.3 Å². The van der Waals surface area contributed by atoms with Gasteiger partial charge in [-0.2, -0.15) is 0 Å². The van der Waals surface area contributed by atoms with Gasteiger partial charge in [0.1, 0.15) is 14.1 Å². The highest BCUT2D eigenvalue weighted by molar-refractivity contribution is 7.91. The number of sulfonamides is 1. The van der Waals surface area contributed by atoms with E-state index in [2.05, 4.69) is 4.39 Å². The summed E-state index contributed by atoms with van der Waals surface area (Å²) >= 11 is 0. The van der Waals surface area contributed by atoms with Crippen LogP contribution in [0.2, 0.25) is 19.6 Å². The molecule has 0 heterocycles. The summed E-state index contributed by atoms with van der Waals surface area (Å²) in [5, 5.41) is 0. The van der Waals surface area contributed by atoms with Gasteiger partial charge < -0.3 is 0 Å². The molecule has 1 aromatic rings. The maximum Gasteiger partial charge on any atom is 0.234 e. The summed E-state index contributed by atoms with van der Waals surface area (Å²) in [5.41, 5.74) is 0. The van der Waals surface area contributed by atoms with Crippen LogP contribution in [0.4, 0.5) is 4.39 Å². The van der Waals surface area contributed by atoms with E-state index >= 15 is 0 Å². The Morgan fingerprint density at radius 3 is 2.00 bits per heavy atom. The SMILES string of the molecule is C[Si](C)(C)NS(=O)(=O)c1ccc(F)cc1. The van der Waals surface area contributed by atoms with Crippen LogP contribution in [0.5, 0.6) is 0 Å². The maximum absolute atomic E-state index is 12.6. The average Bonchev–Trinajstić information content (AvgIpc) is 2.00. The Kier molecular flexibility index (Phi) is 3.32. The van der Waals surface area contributed by atoms with E-state index in [4.69, 9.17) is 0 Å². The summed E-state index contributed by atoms with van der Waals surface area (Å²) in [6.07, 6.45) is 0. The molecule has 0 fully saturated rings. The molecule has 0 aliphatic heterocycles. The van der Waals surface area contributed by atoms with Crippen molar-refractivity contribution in [2.75, 3.05) is 0 Å². The van der Waals surface area contributed by atoms with Gasteiger partial charge in [0.25, 0.3) is 0 Å². The number of hydrogen-bond donors (Lipinski definition) is 1. The fourth-order valence-electron chi connectivity index (χ4n) is 1.08. The largest absolute Gasteiger partial charge is 0.234 e. The summed E-state index contributed by atoms with van der Waals surface area (Å²) in [5.74, 6) is -0.443. The molecule has 6 heteroatoms. The molecule has 84 valence electrons. The number of hydrogen-bond acceptors (Lipinski definition) is 2. The van der Waals surface area contributed by atoms with Gasteiger partial charge in [0.15, 0.2) is 0 Å². The minimum atomic E-state index is -3.49. The molecule has 0 saturated heterocycles. The van der Waals surface area contributed by atoms with E-state index in [1.807, 2.05) is 19.6 Å². The van der Waals surface area contributed by atoms with Gasteiger partial charge in [-0.1, -0.05) is 19.6 Å². The van der Waals surface area contributed by atoms with Crippen molar-refractivity contribution in [1.82, 2.24) is 4.39 Å². The maximum atomic E-state index is 12.6. The normalized spacial score (nSPS) is 12.8. The number of nitrogens with one attached hydrogen (secondary N) is 1. The van der Waals surface area contributed by atoms with Crippen LogP contribution in [0, 0.1) is 5.82 Å². The first-order valence-electron chi connectivity index (χ1n) is 4.50. The van der Waals surface area contributed by atoms with Crippen molar-refractivity contribution in [3.05, 3.63) is 30.1 Å². The molecule has 15 heavy (non-hydrogen) atoms. The third-order valence-corrected chi connectivity index (χ3v) is 5.98. The topological polar surface area (TPSA) is 46.2 Å². The molecule has 3 nitrogen and oxygen atoms in total. The third-order valence-electron chi connectivity index (χ3n) is 1.56. The Bertz CT molecular complexity index is 436. The second-order valence-corrected chi connectivity index (χ2v) is 11.1. The molecule has 0 amide bonds. The Labute approximate surface area is 90.5 Å². The van der Waals surface area contributed by atoms with Gasteiger partial charge in [0, 0.05) is 0 Å². The standard InChI is InChI=1S/C9H14FNO2SSi/c1-15(2,3)11-14(12,13)9-6-4-8(10)5-7-9/h4-7,11H,1-3H3. The fourth-order valence-corrected chi connectivity index (χ4v) is 5.27. The fraction of sp³-hybridized carbons (Fsp3) is 0.333. The van der Waals surface area contributed by atoms with Gasteiger partial charge in [-0.3, -0.25) is 0 Å². The van der Waals surface area contributed by atoms with Gasteiger partial charge >= 0.3 is 0 Å². The molecule has 0 aliphatic carbocycles. The van der Waals surface area contributed by atoms with Gasteiger partial charge in [0.2, 0.25) is 10.0 Å². The summed E-state index contributed by atoms with van der Waals surface area (Å²) in [7, 11) is -5.41. The molecule has 0 aliphatic rings. The van der Waals surface area contributed by atoms with Crippen molar-refractivity contribution < 1.29 is 12.8 Å². The van der Waals surface area contributed by atoms with E-state index in [-0.39, 0.29) is 4.90 Å². The van der Waals surface area contributed by atoms with Crippen molar-refractivity contribution >= 4 is 18.3 Å². The average molecular weight is 247 g/mol. The van der Waals surface area contributed by atoms with E-state index in [1.165, 1.54) is 12.1 Å². The van der Waals surface area contributed by atoms with Crippen LogP contribution in [0.15, 0.2) is 29.2 Å². The summed E-state index contributed by atoms with van der Waals surface area (Å²) in [6.45, 7) is 5.65. The first kappa shape index (κ1) is 12.3. The number of halogens is 1. The van der Waals surface area contributed by atoms with Crippen LogP contribution in [-0.4, -0.2) is 16.7 Å². The molecule has 0 saturated carbocycles. The predicted molar refractivity (Wildman–Crippen MR) is 60.1 cm³/mol. The molecule has 0 radical (unpaired) electrons. The zero-order chi connectivity index (χ0) is 11.7.